The number of hydrogen-bond donors (Lipinski definition) is 2. The Morgan fingerprint density at radius 2 is 1.67 bits per heavy atom. The minimum absolute atomic E-state index is 0.246. The molecule has 0 saturated carbocycles. The Morgan fingerprint density at radius 3 is 2.56 bits per heavy atom. The number of nitrogen functional groups attached to an aromatic ring is 1. The van der Waals surface area contributed by atoms with Crippen molar-refractivity contribution >= 4 is 22.4 Å². The maximum absolute atomic E-state index is 13.7. The Balaban J connectivity index is 1.51. The predicted octanol–water partition coefficient (Wildman–Crippen LogP) is 4.55. The second-order valence-corrected chi connectivity index (χ2v) is 6.44. The number of nitrogens with one attached hydrogen (secondary N) is 1. The number of halogens is 1. The summed E-state index contributed by atoms with van der Waals surface area (Å²) >= 11 is 0. The molecule has 134 valence electrons. The van der Waals surface area contributed by atoms with E-state index in [-0.39, 0.29) is 5.82 Å². The Labute approximate surface area is 156 Å². The molecule has 4 nitrogen and oxygen atoms in total. The summed E-state index contributed by atoms with van der Waals surface area (Å²) in [6.45, 7) is 0.563. The minimum Gasteiger partial charge on any atom is -0.383 e. The quantitative estimate of drug-likeness (QED) is 0.549. The van der Waals surface area contributed by atoms with Gasteiger partial charge in [0, 0.05) is 11.9 Å². The Bertz CT molecular complexity index is 1090. The van der Waals surface area contributed by atoms with Gasteiger partial charge in [-0.3, -0.25) is 0 Å². The van der Waals surface area contributed by atoms with Crippen LogP contribution in [0, 0.1) is 5.82 Å². The lowest BCUT2D eigenvalue weighted by molar-refractivity contribution is 0.630. The lowest BCUT2D eigenvalue weighted by Crippen LogP contribution is -2.02. The van der Waals surface area contributed by atoms with Gasteiger partial charge in [-0.25, -0.2) is 14.4 Å². The number of para-hydroxylation sites is 1. The van der Waals surface area contributed by atoms with E-state index in [4.69, 9.17) is 5.73 Å². The van der Waals surface area contributed by atoms with Crippen molar-refractivity contribution in [2.75, 3.05) is 11.1 Å². The molecular weight excluding hydrogens is 339 g/mol. The molecule has 3 aromatic carbocycles. The zero-order valence-electron chi connectivity index (χ0n) is 14.7. The van der Waals surface area contributed by atoms with Crippen LogP contribution in [-0.4, -0.2) is 9.97 Å². The second-order valence-electron chi connectivity index (χ2n) is 6.44. The van der Waals surface area contributed by atoms with Gasteiger partial charge in [-0.05, 0) is 47.4 Å². The molecule has 0 aliphatic heterocycles. The Kier molecular flexibility index (Phi) is 4.66. The van der Waals surface area contributed by atoms with Crippen LogP contribution in [0.4, 0.5) is 15.9 Å². The molecule has 0 saturated heterocycles. The minimum atomic E-state index is -0.246. The van der Waals surface area contributed by atoms with Crippen LogP contribution in [0.2, 0.25) is 0 Å². The highest BCUT2D eigenvalue weighted by molar-refractivity contribution is 5.88. The van der Waals surface area contributed by atoms with Gasteiger partial charge in [0.15, 0.2) is 0 Å². The summed E-state index contributed by atoms with van der Waals surface area (Å²) < 4.78 is 13.7. The van der Waals surface area contributed by atoms with Gasteiger partial charge in [-0.1, -0.05) is 42.5 Å². The van der Waals surface area contributed by atoms with Crippen molar-refractivity contribution in [2.24, 2.45) is 0 Å². The number of rotatable bonds is 5. The molecule has 3 N–H and O–H groups in total. The van der Waals surface area contributed by atoms with Crippen LogP contribution in [0.25, 0.3) is 10.9 Å². The van der Waals surface area contributed by atoms with Crippen LogP contribution in [0.15, 0.2) is 73.1 Å². The van der Waals surface area contributed by atoms with E-state index in [0.29, 0.717) is 18.1 Å². The van der Waals surface area contributed by atoms with Crippen molar-refractivity contribution in [3.63, 3.8) is 0 Å². The fourth-order valence-corrected chi connectivity index (χ4v) is 3.12. The van der Waals surface area contributed by atoms with E-state index in [1.54, 1.807) is 12.1 Å². The summed E-state index contributed by atoms with van der Waals surface area (Å²) in [7, 11) is 0. The van der Waals surface area contributed by atoms with Gasteiger partial charge >= 0.3 is 0 Å². The van der Waals surface area contributed by atoms with Crippen LogP contribution in [0.1, 0.15) is 16.7 Å². The number of fused-ring (bicyclic) bond motifs is 1. The summed E-state index contributed by atoms with van der Waals surface area (Å²) in [5.74, 6) is 0.245. The van der Waals surface area contributed by atoms with E-state index in [0.717, 1.165) is 28.5 Å². The number of aromatic nitrogens is 2. The van der Waals surface area contributed by atoms with Crippen LogP contribution < -0.4 is 11.1 Å². The van der Waals surface area contributed by atoms with E-state index >= 15 is 0 Å². The van der Waals surface area contributed by atoms with E-state index in [1.165, 1.54) is 18.0 Å². The van der Waals surface area contributed by atoms with E-state index in [2.05, 4.69) is 33.5 Å². The zero-order chi connectivity index (χ0) is 18.6. The molecule has 1 heterocycles. The van der Waals surface area contributed by atoms with Gasteiger partial charge in [-0.15, -0.1) is 0 Å². The molecule has 0 aliphatic carbocycles. The first-order valence-electron chi connectivity index (χ1n) is 8.74. The fraction of sp³-hybridized carbons (Fsp3) is 0.0909. The first-order valence-corrected chi connectivity index (χ1v) is 8.74. The topological polar surface area (TPSA) is 63.8 Å². The van der Waals surface area contributed by atoms with Crippen molar-refractivity contribution in [3.8, 4) is 0 Å². The van der Waals surface area contributed by atoms with Crippen molar-refractivity contribution in [2.45, 2.75) is 13.0 Å². The number of nitrogens with two attached hydrogens (primary N) is 1. The summed E-state index contributed by atoms with van der Waals surface area (Å²) in [5.41, 5.74) is 10.7. The highest BCUT2D eigenvalue weighted by Gasteiger charge is 2.05. The van der Waals surface area contributed by atoms with Crippen molar-refractivity contribution in [1.29, 1.82) is 0 Å². The summed E-state index contributed by atoms with van der Waals surface area (Å²) in [6, 6.07) is 21.0. The van der Waals surface area contributed by atoms with Gasteiger partial charge in [0.1, 0.15) is 18.0 Å². The standard InChI is InChI=1S/C22H19FN4/c23-19-6-1-2-7-21(19)25-13-17-5-3-4-15(11-17)10-16-8-9-20-18(12-16)22(24)27-14-26-20/h1-9,11-12,14,25H,10,13H2,(H2,24,26,27). The fourth-order valence-electron chi connectivity index (χ4n) is 3.12. The molecule has 0 spiro atoms. The first kappa shape index (κ1) is 17.0. The molecule has 0 fully saturated rings. The number of anilines is 2. The molecule has 4 rings (SSSR count). The molecule has 0 radical (unpaired) electrons. The lowest BCUT2D eigenvalue weighted by Gasteiger charge is -2.10. The molecule has 27 heavy (non-hydrogen) atoms. The molecule has 4 aromatic rings. The number of benzene rings is 3. The number of hydrogen-bond acceptors (Lipinski definition) is 4. The molecule has 1 aromatic heterocycles. The predicted molar refractivity (Wildman–Crippen MR) is 107 cm³/mol. The first-order chi connectivity index (χ1) is 13.2. The Morgan fingerprint density at radius 1 is 0.852 bits per heavy atom. The molecule has 0 amide bonds. The van der Waals surface area contributed by atoms with E-state index in [9.17, 15) is 4.39 Å². The largest absolute Gasteiger partial charge is 0.383 e. The summed E-state index contributed by atoms with van der Waals surface area (Å²) in [4.78, 5) is 8.29. The smallest absolute Gasteiger partial charge is 0.146 e. The zero-order valence-corrected chi connectivity index (χ0v) is 14.7. The highest BCUT2D eigenvalue weighted by Crippen LogP contribution is 2.21. The molecule has 0 unspecified atom stereocenters. The molecule has 0 bridgehead atoms. The van der Waals surface area contributed by atoms with Crippen LogP contribution in [0.5, 0.6) is 0 Å². The SMILES string of the molecule is Nc1ncnc2ccc(Cc3cccc(CNc4ccccc4F)c3)cc12. The summed E-state index contributed by atoms with van der Waals surface area (Å²) in [5, 5.41) is 4.01. The lowest BCUT2D eigenvalue weighted by atomic mass is 10.0. The van der Waals surface area contributed by atoms with Gasteiger partial charge in [0.05, 0.1) is 11.2 Å². The van der Waals surface area contributed by atoms with E-state index < -0.39 is 0 Å². The monoisotopic (exact) mass is 358 g/mol. The van der Waals surface area contributed by atoms with Crippen LogP contribution in [-0.2, 0) is 13.0 Å². The Hall–Kier alpha value is -3.47. The maximum atomic E-state index is 13.7. The maximum Gasteiger partial charge on any atom is 0.146 e. The molecular formula is C22H19FN4. The van der Waals surface area contributed by atoms with Crippen molar-refractivity contribution in [1.82, 2.24) is 9.97 Å². The average Bonchev–Trinajstić information content (AvgIpc) is 2.68. The normalized spacial score (nSPS) is 10.9. The van der Waals surface area contributed by atoms with Gasteiger partial charge in [-0.2, -0.15) is 0 Å². The molecule has 0 aliphatic rings. The average molecular weight is 358 g/mol. The van der Waals surface area contributed by atoms with Gasteiger partial charge in [0.25, 0.3) is 0 Å². The van der Waals surface area contributed by atoms with Crippen molar-refractivity contribution in [3.05, 3.63) is 95.6 Å². The third-order valence-corrected chi connectivity index (χ3v) is 4.49. The third kappa shape index (κ3) is 3.87. The van der Waals surface area contributed by atoms with Crippen LogP contribution in [0.3, 0.4) is 0 Å². The third-order valence-electron chi connectivity index (χ3n) is 4.49. The molecule has 0 atom stereocenters. The second kappa shape index (κ2) is 7.41. The van der Waals surface area contributed by atoms with E-state index in [1.807, 2.05) is 30.3 Å². The van der Waals surface area contributed by atoms with Crippen LogP contribution >= 0.6 is 0 Å². The van der Waals surface area contributed by atoms with Gasteiger partial charge < -0.3 is 11.1 Å². The van der Waals surface area contributed by atoms with Crippen molar-refractivity contribution < 1.29 is 4.39 Å². The number of nitrogens with zero attached hydrogens (tertiary/aromatic N) is 2. The van der Waals surface area contributed by atoms with Gasteiger partial charge in [0.2, 0.25) is 0 Å². The molecule has 5 heteroatoms. The highest BCUT2D eigenvalue weighted by atomic mass is 19.1. The summed E-state index contributed by atoms with van der Waals surface area (Å²) in [6.07, 6.45) is 2.25.